The van der Waals surface area contributed by atoms with Crippen molar-refractivity contribution in [2.45, 2.75) is 26.4 Å². The molecule has 106 valence electrons. The molecule has 5 heteroatoms. The van der Waals surface area contributed by atoms with Gasteiger partial charge in [0.1, 0.15) is 5.82 Å². The number of nitrogens with zero attached hydrogens (tertiary/aromatic N) is 3. The van der Waals surface area contributed by atoms with E-state index in [1.165, 1.54) is 12.1 Å². The molecule has 0 saturated carbocycles. The largest absolute Gasteiger partial charge is 0.328 e. The lowest BCUT2D eigenvalue weighted by molar-refractivity contribution is 0.580. The molecule has 1 aromatic carbocycles. The number of aromatic nitrogens is 2. The SMILES string of the molecule is CC(C)NCc1cncc(N(C)c2cccc(F)c2)n1. The van der Waals surface area contributed by atoms with Crippen molar-refractivity contribution >= 4 is 11.5 Å². The third-order valence-electron chi connectivity index (χ3n) is 2.90. The molecule has 0 spiro atoms. The van der Waals surface area contributed by atoms with Gasteiger partial charge in [0.2, 0.25) is 0 Å². The zero-order valence-corrected chi connectivity index (χ0v) is 12.0. The van der Waals surface area contributed by atoms with Crippen molar-refractivity contribution in [2.75, 3.05) is 11.9 Å². The Bertz CT molecular complexity index is 571. The van der Waals surface area contributed by atoms with E-state index in [1.54, 1.807) is 18.5 Å². The molecule has 1 N–H and O–H groups in total. The first-order valence-electron chi connectivity index (χ1n) is 6.60. The molecule has 0 aliphatic rings. The molecule has 0 saturated heterocycles. The molecule has 0 atom stereocenters. The molecular formula is C15H19FN4. The highest BCUT2D eigenvalue weighted by Crippen LogP contribution is 2.21. The Labute approximate surface area is 118 Å². The fourth-order valence-corrected chi connectivity index (χ4v) is 1.77. The van der Waals surface area contributed by atoms with Gasteiger partial charge in [-0.2, -0.15) is 0 Å². The molecule has 1 aromatic heterocycles. The second-order valence-electron chi connectivity index (χ2n) is 4.94. The molecular weight excluding hydrogens is 255 g/mol. The van der Waals surface area contributed by atoms with E-state index in [4.69, 9.17) is 0 Å². The monoisotopic (exact) mass is 274 g/mol. The standard InChI is InChI=1S/C15H19FN4/c1-11(2)18-9-13-8-17-10-15(19-13)20(3)14-6-4-5-12(16)7-14/h4-8,10-11,18H,9H2,1-3H3. The van der Waals surface area contributed by atoms with Crippen LogP contribution in [0.5, 0.6) is 0 Å². The van der Waals surface area contributed by atoms with Gasteiger partial charge in [-0.15, -0.1) is 0 Å². The van der Waals surface area contributed by atoms with E-state index < -0.39 is 0 Å². The van der Waals surface area contributed by atoms with Crippen LogP contribution < -0.4 is 10.2 Å². The van der Waals surface area contributed by atoms with Crippen molar-refractivity contribution in [3.63, 3.8) is 0 Å². The number of hydrogen-bond acceptors (Lipinski definition) is 4. The minimum Gasteiger partial charge on any atom is -0.328 e. The molecule has 0 radical (unpaired) electrons. The van der Waals surface area contributed by atoms with E-state index in [9.17, 15) is 4.39 Å². The Kier molecular flexibility index (Phi) is 4.63. The van der Waals surface area contributed by atoms with Gasteiger partial charge in [-0.05, 0) is 18.2 Å². The lowest BCUT2D eigenvalue weighted by Crippen LogP contribution is -2.23. The Morgan fingerprint density at radius 2 is 2.10 bits per heavy atom. The smallest absolute Gasteiger partial charge is 0.151 e. The molecule has 0 amide bonds. The van der Waals surface area contributed by atoms with E-state index in [-0.39, 0.29) is 5.82 Å². The maximum absolute atomic E-state index is 13.3. The maximum atomic E-state index is 13.3. The third kappa shape index (κ3) is 3.74. The second-order valence-corrected chi connectivity index (χ2v) is 4.94. The summed E-state index contributed by atoms with van der Waals surface area (Å²) in [6.07, 6.45) is 3.40. The molecule has 1 heterocycles. The number of benzene rings is 1. The number of nitrogens with one attached hydrogen (secondary N) is 1. The van der Waals surface area contributed by atoms with Crippen molar-refractivity contribution < 1.29 is 4.39 Å². The van der Waals surface area contributed by atoms with Crippen molar-refractivity contribution in [2.24, 2.45) is 0 Å². The first kappa shape index (κ1) is 14.4. The third-order valence-corrected chi connectivity index (χ3v) is 2.90. The van der Waals surface area contributed by atoms with Gasteiger partial charge in [0, 0.05) is 31.5 Å². The van der Waals surface area contributed by atoms with Gasteiger partial charge >= 0.3 is 0 Å². The van der Waals surface area contributed by atoms with Crippen LogP contribution in [0.4, 0.5) is 15.9 Å². The average molecular weight is 274 g/mol. The lowest BCUT2D eigenvalue weighted by atomic mass is 10.3. The van der Waals surface area contributed by atoms with E-state index in [1.807, 2.05) is 18.0 Å². The van der Waals surface area contributed by atoms with Gasteiger partial charge in [-0.1, -0.05) is 19.9 Å². The minimum absolute atomic E-state index is 0.264. The molecule has 0 bridgehead atoms. The van der Waals surface area contributed by atoms with Crippen LogP contribution >= 0.6 is 0 Å². The van der Waals surface area contributed by atoms with Crippen molar-refractivity contribution in [3.8, 4) is 0 Å². The Morgan fingerprint density at radius 1 is 1.30 bits per heavy atom. The van der Waals surface area contributed by atoms with Crippen molar-refractivity contribution in [3.05, 3.63) is 48.2 Å². The molecule has 20 heavy (non-hydrogen) atoms. The van der Waals surface area contributed by atoms with Crippen molar-refractivity contribution in [1.29, 1.82) is 0 Å². The van der Waals surface area contributed by atoms with Crippen LogP contribution in [-0.4, -0.2) is 23.1 Å². The van der Waals surface area contributed by atoms with Gasteiger partial charge in [0.25, 0.3) is 0 Å². The zero-order chi connectivity index (χ0) is 14.5. The number of halogens is 1. The van der Waals surface area contributed by atoms with E-state index in [2.05, 4.69) is 29.1 Å². The zero-order valence-electron chi connectivity index (χ0n) is 12.0. The minimum atomic E-state index is -0.264. The normalized spacial score (nSPS) is 10.8. The summed E-state index contributed by atoms with van der Waals surface area (Å²) in [5.41, 5.74) is 1.60. The summed E-state index contributed by atoms with van der Waals surface area (Å²) in [6, 6.07) is 6.80. The summed E-state index contributed by atoms with van der Waals surface area (Å²) >= 11 is 0. The van der Waals surface area contributed by atoms with Crippen LogP contribution in [0, 0.1) is 5.82 Å². The number of rotatable bonds is 5. The van der Waals surface area contributed by atoms with Crippen LogP contribution in [-0.2, 0) is 6.54 Å². The first-order chi connectivity index (χ1) is 9.56. The van der Waals surface area contributed by atoms with Crippen LogP contribution in [0.15, 0.2) is 36.7 Å². The summed E-state index contributed by atoms with van der Waals surface area (Å²) in [4.78, 5) is 10.5. The number of hydrogen-bond donors (Lipinski definition) is 1. The topological polar surface area (TPSA) is 41.1 Å². The Morgan fingerprint density at radius 3 is 2.80 bits per heavy atom. The van der Waals surface area contributed by atoms with Gasteiger partial charge in [0.05, 0.1) is 11.9 Å². The second kappa shape index (κ2) is 6.43. The molecule has 2 rings (SSSR count). The Hall–Kier alpha value is -2.01. The van der Waals surface area contributed by atoms with Gasteiger partial charge in [-0.25, -0.2) is 9.37 Å². The predicted octanol–water partition coefficient (Wildman–Crippen LogP) is 2.88. The van der Waals surface area contributed by atoms with Gasteiger partial charge in [0.15, 0.2) is 5.82 Å². The molecule has 4 nitrogen and oxygen atoms in total. The summed E-state index contributed by atoms with van der Waals surface area (Å²) in [7, 11) is 1.85. The molecule has 0 fully saturated rings. The first-order valence-corrected chi connectivity index (χ1v) is 6.60. The van der Waals surface area contributed by atoms with Crippen molar-refractivity contribution in [1.82, 2.24) is 15.3 Å². The molecule has 0 aliphatic carbocycles. The fraction of sp³-hybridized carbons (Fsp3) is 0.333. The van der Waals surface area contributed by atoms with Crippen LogP contribution in [0.2, 0.25) is 0 Å². The summed E-state index contributed by atoms with van der Waals surface area (Å²) in [6.45, 7) is 4.82. The van der Waals surface area contributed by atoms with Gasteiger partial charge < -0.3 is 10.2 Å². The quantitative estimate of drug-likeness (QED) is 0.910. The highest BCUT2D eigenvalue weighted by Gasteiger charge is 2.08. The Balaban J connectivity index is 2.17. The summed E-state index contributed by atoms with van der Waals surface area (Å²) < 4.78 is 13.3. The van der Waals surface area contributed by atoms with Crippen LogP contribution in [0.1, 0.15) is 19.5 Å². The maximum Gasteiger partial charge on any atom is 0.151 e. The molecule has 2 aromatic rings. The van der Waals surface area contributed by atoms with E-state index >= 15 is 0 Å². The van der Waals surface area contributed by atoms with Crippen LogP contribution in [0.3, 0.4) is 0 Å². The lowest BCUT2D eigenvalue weighted by Gasteiger charge is -2.18. The fourth-order valence-electron chi connectivity index (χ4n) is 1.77. The highest BCUT2D eigenvalue weighted by atomic mass is 19.1. The molecule has 0 aliphatic heterocycles. The van der Waals surface area contributed by atoms with Crippen LogP contribution in [0.25, 0.3) is 0 Å². The average Bonchev–Trinajstić information content (AvgIpc) is 2.44. The summed E-state index contributed by atoms with van der Waals surface area (Å²) in [5.74, 6) is 0.429. The predicted molar refractivity (Wildman–Crippen MR) is 78.5 cm³/mol. The highest BCUT2D eigenvalue weighted by molar-refractivity contribution is 5.58. The summed E-state index contributed by atoms with van der Waals surface area (Å²) in [5, 5.41) is 3.30. The van der Waals surface area contributed by atoms with E-state index in [0.29, 0.717) is 18.4 Å². The number of anilines is 2. The van der Waals surface area contributed by atoms with Gasteiger partial charge in [-0.3, -0.25) is 4.98 Å². The molecule has 0 unspecified atom stereocenters. The van der Waals surface area contributed by atoms with E-state index in [0.717, 1.165) is 11.4 Å².